The average Bonchev–Trinajstić information content (AvgIpc) is 2.60. The number of nitrogens with zero attached hydrogens (tertiary/aromatic N) is 2. The molecule has 0 bridgehead atoms. The smallest absolute Gasteiger partial charge is 0.229 e. The van der Waals surface area contributed by atoms with Crippen LogP contribution in [0.5, 0.6) is 0 Å². The molecule has 0 radical (unpaired) electrons. The Balaban J connectivity index is 2.28. The van der Waals surface area contributed by atoms with Gasteiger partial charge in [-0.05, 0) is 12.1 Å². The van der Waals surface area contributed by atoms with E-state index in [1.54, 1.807) is 0 Å². The van der Waals surface area contributed by atoms with Crippen LogP contribution in [0.1, 0.15) is 6.42 Å². The number of carbonyl (C=O) groups excluding carboxylic acids is 1. The molecule has 1 aliphatic heterocycles. The lowest BCUT2D eigenvalue weighted by Crippen LogP contribution is -2.32. The fourth-order valence-electron chi connectivity index (χ4n) is 1.66. The minimum atomic E-state index is -3.77. The van der Waals surface area contributed by atoms with Crippen molar-refractivity contribution in [2.24, 2.45) is 5.14 Å². The van der Waals surface area contributed by atoms with Gasteiger partial charge in [-0.15, -0.1) is 0 Å². The minimum Gasteiger partial charge on any atom is -0.295 e. The van der Waals surface area contributed by atoms with E-state index in [1.165, 1.54) is 12.1 Å². The first-order valence-electron chi connectivity index (χ1n) is 4.82. The normalized spacial score (nSPS) is 20.9. The van der Waals surface area contributed by atoms with E-state index in [2.05, 4.69) is 4.98 Å². The van der Waals surface area contributed by atoms with Crippen molar-refractivity contribution in [3.05, 3.63) is 24.1 Å². The third kappa shape index (κ3) is 2.42. The topological polar surface area (TPSA) is 93.4 Å². The molecule has 2 rings (SSSR count). The number of pyridine rings is 1. The van der Waals surface area contributed by atoms with Gasteiger partial charge in [-0.25, -0.2) is 18.5 Å². The van der Waals surface area contributed by atoms with Gasteiger partial charge in [0.15, 0.2) is 0 Å². The highest BCUT2D eigenvalue weighted by Crippen LogP contribution is 2.22. The maximum atomic E-state index is 12.9. The predicted octanol–water partition coefficient (Wildman–Crippen LogP) is -0.385. The Morgan fingerprint density at radius 2 is 2.18 bits per heavy atom. The van der Waals surface area contributed by atoms with Crippen molar-refractivity contribution in [2.75, 3.05) is 11.4 Å². The molecule has 92 valence electrons. The van der Waals surface area contributed by atoms with Crippen molar-refractivity contribution < 1.29 is 17.6 Å². The summed E-state index contributed by atoms with van der Waals surface area (Å²) in [5.74, 6) is -1.06. The van der Waals surface area contributed by atoms with Crippen molar-refractivity contribution in [2.45, 2.75) is 11.7 Å². The van der Waals surface area contributed by atoms with Gasteiger partial charge in [0.05, 0.1) is 0 Å². The van der Waals surface area contributed by atoms with Crippen LogP contribution in [0.25, 0.3) is 0 Å². The number of carbonyl (C=O) groups is 1. The van der Waals surface area contributed by atoms with E-state index >= 15 is 0 Å². The zero-order valence-corrected chi connectivity index (χ0v) is 9.52. The number of aromatic nitrogens is 1. The van der Waals surface area contributed by atoms with E-state index in [4.69, 9.17) is 5.14 Å². The van der Waals surface area contributed by atoms with Gasteiger partial charge >= 0.3 is 0 Å². The quantitative estimate of drug-likeness (QED) is 0.732. The third-order valence-electron chi connectivity index (χ3n) is 2.53. The Morgan fingerprint density at radius 1 is 1.47 bits per heavy atom. The summed E-state index contributed by atoms with van der Waals surface area (Å²) in [4.78, 5) is 16.2. The molecule has 1 aliphatic rings. The van der Waals surface area contributed by atoms with E-state index < -0.39 is 27.1 Å². The molecule has 1 fully saturated rings. The highest BCUT2D eigenvalue weighted by Gasteiger charge is 2.37. The monoisotopic (exact) mass is 259 g/mol. The molecule has 1 saturated heterocycles. The Bertz CT molecular complexity index is 560. The number of amides is 1. The van der Waals surface area contributed by atoms with Crippen molar-refractivity contribution in [1.82, 2.24) is 4.98 Å². The average molecular weight is 259 g/mol. The lowest BCUT2D eigenvalue weighted by Gasteiger charge is -2.14. The van der Waals surface area contributed by atoms with Gasteiger partial charge < -0.3 is 0 Å². The fraction of sp³-hybridized carbons (Fsp3) is 0.333. The van der Waals surface area contributed by atoms with Crippen molar-refractivity contribution in [1.29, 1.82) is 0 Å². The van der Waals surface area contributed by atoms with Gasteiger partial charge in [-0.2, -0.15) is 4.39 Å². The van der Waals surface area contributed by atoms with E-state index in [9.17, 15) is 17.6 Å². The Labute approximate surface area is 97.3 Å². The van der Waals surface area contributed by atoms with Crippen molar-refractivity contribution in [3.63, 3.8) is 0 Å². The van der Waals surface area contributed by atoms with Crippen LogP contribution in [0.3, 0.4) is 0 Å². The van der Waals surface area contributed by atoms with Crippen LogP contribution in [-0.2, 0) is 14.8 Å². The lowest BCUT2D eigenvalue weighted by atomic mass is 10.4. The Morgan fingerprint density at radius 3 is 2.71 bits per heavy atom. The minimum absolute atomic E-state index is 0.0892. The number of hydrogen-bond donors (Lipinski definition) is 1. The van der Waals surface area contributed by atoms with Crippen molar-refractivity contribution in [3.8, 4) is 0 Å². The third-order valence-corrected chi connectivity index (χ3v) is 3.78. The zero-order valence-electron chi connectivity index (χ0n) is 8.71. The molecule has 0 saturated carbocycles. The maximum Gasteiger partial charge on any atom is 0.229 e. The van der Waals surface area contributed by atoms with Gasteiger partial charge in [-0.3, -0.25) is 9.69 Å². The summed E-state index contributed by atoms with van der Waals surface area (Å²) in [6.07, 6.45) is -0.197. The number of nitrogens with two attached hydrogens (primary N) is 1. The number of halogens is 1. The molecule has 17 heavy (non-hydrogen) atoms. The van der Waals surface area contributed by atoms with Crippen LogP contribution in [-0.4, -0.2) is 31.1 Å². The summed E-state index contributed by atoms with van der Waals surface area (Å²) in [7, 11) is -3.77. The molecule has 1 aromatic rings. The van der Waals surface area contributed by atoms with Gasteiger partial charge in [-0.1, -0.05) is 6.07 Å². The number of primary sulfonamides is 1. The molecule has 8 heteroatoms. The van der Waals surface area contributed by atoms with E-state index in [0.29, 0.717) is 0 Å². The Kier molecular flexibility index (Phi) is 2.84. The first-order valence-corrected chi connectivity index (χ1v) is 6.43. The van der Waals surface area contributed by atoms with Crippen LogP contribution in [0.15, 0.2) is 18.2 Å². The molecule has 6 nitrogen and oxygen atoms in total. The standard InChI is InChI=1S/C9H10FN3O3S/c10-7-2-1-3-8(12-7)13-5-6(4-9(13)14)17(11,15)16/h1-3,6H,4-5H2,(H2,11,15,16). The molecule has 1 amide bonds. The molecule has 2 heterocycles. The predicted molar refractivity (Wildman–Crippen MR) is 58.1 cm³/mol. The Hall–Kier alpha value is -1.54. The largest absolute Gasteiger partial charge is 0.295 e. The van der Waals surface area contributed by atoms with Gasteiger partial charge in [0.25, 0.3) is 0 Å². The molecule has 0 spiro atoms. The van der Waals surface area contributed by atoms with E-state index in [-0.39, 0.29) is 18.8 Å². The molecular weight excluding hydrogens is 249 g/mol. The maximum absolute atomic E-state index is 12.9. The van der Waals surface area contributed by atoms with Gasteiger partial charge in [0.1, 0.15) is 11.1 Å². The van der Waals surface area contributed by atoms with Crippen LogP contribution in [0, 0.1) is 5.95 Å². The fourth-order valence-corrected chi connectivity index (χ4v) is 2.40. The zero-order chi connectivity index (χ0) is 12.6. The first-order chi connectivity index (χ1) is 7.88. The molecule has 1 atom stereocenters. The number of sulfonamides is 1. The highest BCUT2D eigenvalue weighted by molar-refractivity contribution is 7.89. The lowest BCUT2D eigenvalue weighted by molar-refractivity contribution is -0.117. The molecule has 0 aliphatic carbocycles. The highest BCUT2D eigenvalue weighted by atomic mass is 32.2. The van der Waals surface area contributed by atoms with Gasteiger partial charge in [0, 0.05) is 13.0 Å². The van der Waals surface area contributed by atoms with E-state index in [1.807, 2.05) is 0 Å². The molecule has 1 unspecified atom stereocenters. The number of anilines is 1. The number of rotatable bonds is 2. The van der Waals surface area contributed by atoms with E-state index in [0.717, 1.165) is 11.0 Å². The summed E-state index contributed by atoms with van der Waals surface area (Å²) in [6, 6.07) is 3.98. The second-order valence-corrected chi connectivity index (χ2v) is 5.58. The number of hydrogen-bond acceptors (Lipinski definition) is 4. The summed E-state index contributed by atoms with van der Waals surface area (Å²) in [5, 5.41) is 4.01. The summed E-state index contributed by atoms with van der Waals surface area (Å²) < 4.78 is 35.1. The van der Waals surface area contributed by atoms with Crippen LogP contribution in [0.4, 0.5) is 10.2 Å². The van der Waals surface area contributed by atoms with Crippen LogP contribution >= 0.6 is 0 Å². The second-order valence-electron chi connectivity index (χ2n) is 3.74. The molecule has 0 aromatic carbocycles. The first kappa shape index (κ1) is 11.9. The summed E-state index contributed by atoms with van der Waals surface area (Å²) in [5.41, 5.74) is 0. The summed E-state index contributed by atoms with van der Waals surface area (Å²) in [6.45, 7) is -0.0892. The molecular formula is C9H10FN3O3S. The SMILES string of the molecule is NS(=O)(=O)C1CC(=O)N(c2cccc(F)n2)C1. The van der Waals surface area contributed by atoms with Crippen LogP contribution < -0.4 is 10.0 Å². The van der Waals surface area contributed by atoms with Crippen LogP contribution in [0.2, 0.25) is 0 Å². The van der Waals surface area contributed by atoms with Crippen molar-refractivity contribution >= 4 is 21.7 Å². The second kappa shape index (κ2) is 4.04. The molecule has 1 aromatic heterocycles. The summed E-state index contributed by atoms with van der Waals surface area (Å²) >= 11 is 0. The van der Waals surface area contributed by atoms with Gasteiger partial charge in [0.2, 0.25) is 21.9 Å². The molecule has 2 N–H and O–H groups in total.